The zero-order chi connectivity index (χ0) is 19.9. The summed E-state index contributed by atoms with van der Waals surface area (Å²) in [6.45, 7) is 0. The Bertz CT molecular complexity index is 1020. The fourth-order valence-corrected chi connectivity index (χ4v) is 2.94. The van der Waals surface area contributed by atoms with Crippen LogP contribution in [-0.4, -0.2) is 18.9 Å². The van der Waals surface area contributed by atoms with Crippen LogP contribution in [-0.2, 0) is 0 Å². The number of methoxy groups -OCH3 is 1. The van der Waals surface area contributed by atoms with Gasteiger partial charge in [-0.05, 0) is 76.1 Å². The van der Waals surface area contributed by atoms with E-state index in [0.717, 1.165) is 11.3 Å². The van der Waals surface area contributed by atoms with Gasteiger partial charge in [0.1, 0.15) is 11.5 Å². The maximum atomic E-state index is 12.3. The summed E-state index contributed by atoms with van der Waals surface area (Å²) < 4.78 is 11.2. The molecule has 0 aliphatic heterocycles. The van der Waals surface area contributed by atoms with Gasteiger partial charge >= 0.3 is 5.97 Å². The number of ether oxygens (including phenoxy) is 2. The minimum atomic E-state index is -0.468. The monoisotopic (exact) mass is 436 g/mol. The molecule has 0 saturated heterocycles. The molecule has 0 fully saturated rings. The average Bonchev–Trinajstić information content (AvgIpc) is 2.73. The molecule has 4 nitrogen and oxygen atoms in total. The van der Waals surface area contributed by atoms with Crippen LogP contribution >= 0.6 is 15.9 Å². The van der Waals surface area contributed by atoms with Crippen molar-refractivity contribution in [1.82, 2.24) is 0 Å². The molecule has 28 heavy (non-hydrogen) atoms. The standard InChI is InChI=1S/C23H17BrO4/c1-27-19-6-4-5-16(15-19)9-14-22(25)17-10-12-18(13-11-17)28-23(26)20-7-2-3-8-21(20)24/h2-15H,1H3. The maximum absolute atomic E-state index is 12.3. The van der Waals surface area contributed by atoms with Gasteiger partial charge in [-0.15, -0.1) is 0 Å². The largest absolute Gasteiger partial charge is 0.497 e. The minimum Gasteiger partial charge on any atom is -0.497 e. The van der Waals surface area contributed by atoms with Crippen LogP contribution in [0.4, 0.5) is 0 Å². The predicted octanol–water partition coefficient (Wildman–Crippen LogP) is 5.57. The smallest absolute Gasteiger partial charge is 0.344 e. The van der Waals surface area contributed by atoms with Crippen LogP contribution < -0.4 is 9.47 Å². The van der Waals surface area contributed by atoms with E-state index in [1.165, 1.54) is 6.08 Å². The Hall–Kier alpha value is -3.18. The molecular formula is C23H17BrO4. The zero-order valence-electron chi connectivity index (χ0n) is 15.1. The third-order valence-corrected chi connectivity index (χ3v) is 4.66. The van der Waals surface area contributed by atoms with Crippen LogP contribution in [0.3, 0.4) is 0 Å². The van der Waals surface area contributed by atoms with Crippen molar-refractivity contribution in [2.75, 3.05) is 7.11 Å². The lowest BCUT2D eigenvalue weighted by Crippen LogP contribution is -2.09. The van der Waals surface area contributed by atoms with Gasteiger partial charge in [0.05, 0.1) is 12.7 Å². The van der Waals surface area contributed by atoms with Crippen LogP contribution in [0.25, 0.3) is 6.08 Å². The summed E-state index contributed by atoms with van der Waals surface area (Å²) in [4.78, 5) is 24.6. The van der Waals surface area contributed by atoms with Gasteiger partial charge in [0, 0.05) is 10.0 Å². The average molecular weight is 437 g/mol. The van der Waals surface area contributed by atoms with E-state index in [4.69, 9.17) is 9.47 Å². The normalized spacial score (nSPS) is 10.6. The molecule has 0 aliphatic carbocycles. The molecule has 0 N–H and O–H groups in total. The van der Waals surface area contributed by atoms with Crippen LogP contribution in [0.5, 0.6) is 11.5 Å². The minimum absolute atomic E-state index is 0.147. The third-order valence-electron chi connectivity index (χ3n) is 3.96. The molecule has 140 valence electrons. The van der Waals surface area contributed by atoms with E-state index >= 15 is 0 Å². The molecule has 0 radical (unpaired) electrons. The van der Waals surface area contributed by atoms with Crippen molar-refractivity contribution in [1.29, 1.82) is 0 Å². The molecule has 3 aromatic carbocycles. The second kappa shape index (κ2) is 9.15. The Labute approximate surface area is 171 Å². The van der Waals surface area contributed by atoms with Crippen molar-refractivity contribution in [3.8, 4) is 11.5 Å². The highest BCUT2D eigenvalue weighted by Crippen LogP contribution is 2.20. The first-order valence-corrected chi connectivity index (χ1v) is 9.29. The highest BCUT2D eigenvalue weighted by molar-refractivity contribution is 9.10. The topological polar surface area (TPSA) is 52.6 Å². The summed E-state index contributed by atoms with van der Waals surface area (Å²) in [6, 6.07) is 20.9. The zero-order valence-corrected chi connectivity index (χ0v) is 16.7. The summed E-state index contributed by atoms with van der Waals surface area (Å²) in [5, 5.41) is 0. The Kier molecular flexibility index (Phi) is 6.40. The van der Waals surface area contributed by atoms with Gasteiger partial charge in [-0.25, -0.2) is 4.79 Å². The van der Waals surface area contributed by atoms with Gasteiger partial charge in [0.15, 0.2) is 5.78 Å². The van der Waals surface area contributed by atoms with E-state index in [2.05, 4.69) is 15.9 Å². The van der Waals surface area contributed by atoms with E-state index in [0.29, 0.717) is 21.3 Å². The number of rotatable bonds is 6. The first-order valence-electron chi connectivity index (χ1n) is 8.50. The van der Waals surface area contributed by atoms with Crippen LogP contribution in [0.2, 0.25) is 0 Å². The number of carbonyl (C=O) groups is 2. The molecule has 3 aromatic rings. The first kappa shape index (κ1) is 19.6. The molecule has 0 amide bonds. The van der Waals surface area contributed by atoms with Crippen LogP contribution in [0, 0.1) is 0 Å². The van der Waals surface area contributed by atoms with Gasteiger partial charge in [0.25, 0.3) is 0 Å². The SMILES string of the molecule is COc1cccc(C=CC(=O)c2ccc(OC(=O)c3ccccc3Br)cc2)c1. The lowest BCUT2D eigenvalue weighted by Gasteiger charge is -2.06. The molecule has 0 spiro atoms. The summed E-state index contributed by atoms with van der Waals surface area (Å²) in [5.41, 5.74) is 1.80. The Morgan fingerprint density at radius 2 is 1.64 bits per heavy atom. The Balaban J connectivity index is 1.66. The van der Waals surface area contributed by atoms with E-state index in [1.807, 2.05) is 30.3 Å². The predicted molar refractivity (Wildman–Crippen MR) is 112 cm³/mol. The van der Waals surface area contributed by atoms with E-state index in [1.54, 1.807) is 55.7 Å². The number of hydrogen-bond donors (Lipinski definition) is 0. The molecule has 0 aromatic heterocycles. The maximum Gasteiger partial charge on any atom is 0.344 e. The quantitative estimate of drug-likeness (QED) is 0.219. The summed E-state index contributed by atoms with van der Waals surface area (Å²) in [5.74, 6) is 0.482. The van der Waals surface area contributed by atoms with Gasteiger partial charge in [0.2, 0.25) is 0 Å². The van der Waals surface area contributed by atoms with Crippen molar-refractivity contribution in [2.45, 2.75) is 0 Å². The van der Waals surface area contributed by atoms with Gasteiger partial charge in [-0.3, -0.25) is 4.79 Å². The van der Waals surface area contributed by atoms with Crippen molar-refractivity contribution in [3.63, 3.8) is 0 Å². The summed E-state index contributed by atoms with van der Waals surface area (Å²) >= 11 is 3.33. The third kappa shape index (κ3) is 4.96. The molecular weight excluding hydrogens is 420 g/mol. The number of carbonyl (C=O) groups excluding carboxylic acids is 2. The molecule has 5 heteroatoms. The van der Waals surface area contributed by atoms with Gasteiger partial charge < -0.3 is 9.47 Å². The fraction of sp³-hybridized carbons (Fsp3) is 0.0435. The molecule has 0 heterocycles. The number of esters is 1. The molecule has 0 bridgehead atoms. The van der Waals surface area contributed by atoms with Crippen LogP contribution in [0.15, 0.2) is 83.3 Å². The Morgan fingerprint density at radius 3 is 2.36 bits per heavy atom. The summed E-state index contributed by atoms with van der Waals surface area (Å²) in [7, 11) is 1.60. The van der Waals surface area contributed by atoms with Gasteiger partial charge in [-0.1, -0.05) is 30.3 Å². The van der Waals surface area contributed by atoms with E-state index in [9.17, 15) is 9.59 Å². The Morgan fingerprint density at radius 1 is 0.893 bits per heavy atom. The second-order valence-corrected chi connectivity index (χ2v) is 6.72. The summed E-state index contributed by atoms with van der Waals surface area (Å²) in [6.07, 6.45) is 3.22. The number of ketones is 1. The molecule has 3 rings (SSSR count). The lowest BCUT2D eigenvalue weighted by molar-refractivity contribution is 0.0733. The highest BCUT2D eigenvalue weighted by Gasteiger charge is 2.12. The molecule has 0 unspecified atom stereocenters. The fourth-order valence-electron chi connectivity index (χ4n) is 2.49. The van der Waals surface area contributed by atoms with Crippen molar-refractivity contribution in [2.24, 2.45) is 0 Å². The van der Waals surface area contributed by atoms with Crippen molar-refractivity contribution >= 4 is 33.8 Å². The lowest BCUT2D eigenvalue weighted by atomic mass is 10.1. The number of benzene rings is 3. The second-order valence-electron chi connectivity index (χ2n) is 5.87. The van der Waals surface area contributed by atoms with Crippen molar-refractivity contribution < 1.29 is 19.1 Å². The van der Waals surface area contributed by atoms with Gasteiger partial charge in [-0.2, -0.15) is 0 Å². The molecule has 0 aliphatic rings. The van der Waals surface area contributed by atoms with E-state index < -0.39 is 5.97 Å². The number of allylic oxidation sites excluding steroid dienone is 1. The highest BCUT2D eigenvalue weighted by atomic mass is 79.9. The van der Waals surface area contributed by atoms with Crippen LogP contribution in [0.1, 0.15) is 26.3 Å². The number of hydrogen-bond acceptors (Lipinski definition) is 4. The molecule has 0 saturated carbocycles. The molecule has 0 atom stereocenters. The number of halogens is 1. The van der Waals surface area contributed by atoms with E-state index in [-0.39, 0.29) is 5.78 Å². The first-order chi connectivity index (χ1) is 13.6. The van der Waals surface area contributed by atoms with Crippen molar-refractivity contribution in [3.05, 3.63) is 100 Å².